The first kappa shape index (κ1) is 23.8. The van der Waals surface area contributed by atoms with Crippen LogP contribution in [0.2, 0.25) is 0 Å². The monoisotopic (exact) mass is 480 g/mol. The van der Waals surface area contributed by atoms with Gasteiger partial charge in [-0.1, -0.05) is 79.5 Å². The number of H-pyrrole nitrogens is 1. The Morgan fingerprint density at radius 1 is 0.971 bits per heavy atom. The van der Waals surface area contributed by atoms with Crippen molar-refractivity contribution in [3.8, 4) is 11.3 Å². The molecule has 0 unspecified atom stereocenters. The van der Waals surface area contributed by atoms with Gasteiger partial charge in [0.1, 0.15) is 12.1 Å². The van der Waals surface area contributed by atoms with Gasteiger partial charge in [-0.25, -0.2) is 14.3 Å². The maximum atomic E-state index is 14.6. The molecule has 1 fully saturated rings. The number of aromatic nitrogens is 4. The molecule has 0 aliphatic carbocycles. The smallest absolute Gasteiger partial charge is 0.298 e. The number of hydrogen-bond donors (Lipinski definition) is 2. The lowest BCUT2D eigenvalue weighted by atomic mass is 9.98. The van der Waals surface area contributed by atoms with E-state index >= 15 is 0 Å². The summed E-state index contributed by atoms with van der Waals surface area (Å²) in [6.45, 7) is 6.17. The lowest BCUT2D eigenvalue weighted by molar-refractivity contribution is 0.0428. The van der Waals surface area contributed by atoms with Crippen molar-refractivity contribution < 1.29 is 8.78 Å². The molecule has 176 valence electrons. The third-order valence-corrected chi connectivity index (χ3v) is 6.40. The Kier molecular flexibility index (Phi) is 7.54. The first-order valence-electron chi connectivity index (χ1n) is 11.0. The second-order valence-corrected chi connectivity index (χ2v) is 8.90. The normalized spacial score (nSPS) is 14.4. The Morgan fingerprint density at radius 3 is 2.32 bits per heavy atom. The Morgan fingerprint density at radius 2 is 1.65 bits per heavy atom. The highest BCUT2D eigenvalue weighted by Crippen LogP contribution is 2.37. The van der Waals surface area contributed by atoms with Gasteiger partial charge in [0.05, 0.1) is 11.1 Å². The van der Waals surface area contributed by atoms with Crippen molar-refractivity contribution in [2.75, 3.05) is 18.8 Å². The minimum atomic E-state index is -3.07. The predicted octanol–water partition coefficient (Wildman–Crippen LogP) is 6.01. The zero-order chi connectivity index (χ0) is 24.0. The maximum absolute atomic E-state index is 14.6. The molecule has 0 bridgehead atoms. The van der Waals surface area contributed by atoms with Gasteiger partial charge in [0.25, 0.3) is 5.92 Å². The number of piperidine rings is 1. The fourth-order valence-corrected chi connectivity index (χ4v) is 4.50. The minimum Gasteiger partial charge on any atom is -0.383 e. The number of nitrogen functional groups attached to an aromatic ring is 1. The number of rotatable bonds is 5. The first-order chi connectivity index (χ1) is 16.5. The molecule has 9 heteroatoms. The van der Waals surface area contributed by atoms with Crippen molar-refractivity contribution >= 4 is 28.8 Å². The van der Waals surface area contributed by atoms with Crippen molar-refractivity contribution in [3.05, 3.63) is 84.0 Å². The fraction of sp³-hybridized carbons (Fsp3) is 0.240. The summed E-state index contributed by atoms with van der Waals surface area (Å²) in [6.07, 6.45) is 5.46. The molecule has 0 spiro atoms. The average molecular weight is 481 g/mol. The van der Waals surface area contributed by atoms with Gasteiger partial charge in [-0.3, -0.25) is 5.10 Å². The molecule has 0 radical (unpaired) electrons. The van der Waals surface area contributed by atoms with Crippen LogP contribution in [0.25, 0.3) is 22.3 Å². The number of nitrogens with one attached hydrogen (secondary N) is 1. The first-order valence-corrected chi connectivity index (χ1v) is 11.9. The quantitative estimate of drug-likeness (QED) is 0.341. The summed E-state index contributed by atoms with van der Waals surface area (Å²) < 4.78 is 31.6. The summed E-state index contributed by atoms with van der Waals surface area (Å²) in [5, 5.41) is 9.39. The van der Waals surface area contributed by atoms with E-state index < -0.39 is 5.92 Å². The third-order valence-electron chi connectivity index (χ3n) is 5.59. The molecule has 2 aromatic carbocycles. The standard InChI is InChI=1S/C18H13F2N5.C7H13NS/c19-18(20,12-4-2-1-3-5-12)13-8-6-11(7-9-13)15-14-16(21)22-10-23-17(14)25-24-15;1-2-9-8-6-4-3-5-7-8/h1-10H,(H3,21,22,23,24,25);2H,1,3-7H2. The Balaban J connectivity index is 0.000000257. The highest BCUT2D eigenvalue weighted by atomic mass is 32.2. The molecule has 1 aliphatic rings. The number of nitrogens with zero attached hydrogens (tertiary/aromatic N) is 4. The van der Waals surface area contributed by atoms with Crippen LogP contribution in [0.1, 0.15) is 30.4 Å². The van der Waals surface area contributed by atoms with Crippen LogP contribution in [0.5, 0.6) is 0 Å². The molecule has 4 aromatic rings. The Labute approximate surface area is 201 Å². The molecular formula is C25H26F2N6S. The lowest BCUT2D eigenvalue weighted by Crippen LogP contribution is -2.21. The zero-order valence-corrected chi connectivity index (χ0v) is 19.4. The van der Waals surface area contributed by atoms with Crippen molar-refractivity contribution in [1.82, 2.24) is 24.5 Å². The summed E-state index contributed by atoms with van der Waals surface area (Å²) in [5.74, 6) is -2.79. The van der Waals surface area contributed by atoms with E-state index in [-0.39, 0.29) is 16.9 Å². The molecule has 1 saturated heterocycles. The maximum Gasteiger partial charge on any atom is 0.298 e. The van der Waals surface area contributed by atoms with Gasteiger partial charge in [-0.2, -0.15) is 13.9 Å². The van der Waals surface area contributed by atoms with Gasteiger partial charge in [-0.05, 0) is 18.2 Å². The van der Waals surface area contributed by atoms with Gasteiger partial charge in [0, 0.05) is 29.8 Å². The Bertz CT molecular complexity index is 1220. The summed E-state index contributed by atoms with van der Waals surface area (Å²) in [6, 6.07) is 13.7. The molecule has 1 aliphatic heterocycles. The number of anilines is 1. The second-order valence-electron chi connectivity index (χ2n) is 7.84. The molecule has 3 heterocycles. The largest absolute Gasteiger partial charge is 0.383 e. The van der Waals surface area contributed by atoms with Crippen molar-refractivity contribution in [2.45, 2.75) is 25.2 Å². The van der Waals surface area contributed by atoms with Gasteiger partial charge in [0.15, 0.2) is 5.65 Å². The van der Waals surface area contributed by atoms with Gasteiger partial charge < -0.3 is 5.73 Å². The van der Waals surface area contributed by atoms with E-state index in [4.69, 9.17) is 5.73 Å². The van der Waals surface area contributed by atoms with Crippen LogP contribution in [0.4, 0.5) is 14.6 Å². The molecule has 0 saturated carbocycles. The van der Waals surface area contributed by atoms with E-state index in [2.05, 4.69) is 31.0 Å². The van der Waals surface area contributed by atoms with Crippen LogP contribution < -0.4 is 5.73 Å². The highest BCUT2D eigenvalue weighted by molar-refractivity contribution is 7.99. The second kappa shape index (κ2) is 10.8. The highest BCUT2D eigenvalue weighted by Gasteiger charge is 2.33. The zero-order valence-electron chi connectivity index (χ0n) is 18.6. The number of halogens is 2. The summed E-state index contributed by atoms with van der Waals surface area (Å²) in [5.41, 5.74) is 7.46. The van der Waals surface area contributed by atoms with Crippen molar-refractivity contribution in [1.29, 1.82) is 0 Å². The van der Waals surface area contributed by atoms with E-state index in [1.807, 2.05) is 5.41 Å². The molecule has 3 N–H and O–H groups in total. The molecule has 5 rings (SSSR count). The van der Waals surface area contributed by atoms with E-state index in [9.17, 15) is 8.78 Å². The third kappa shape index (κ3) is 5.26. The molecule has 0 atom stereocenters. The molecule has 2 aromatic heterocycles. The number of aromatic amines is 1. The van der Waals surface area contributed by atoms with Crippen molar-refractivity contribution in [3.63, 3.8) is 0 Å². The summed E-state index contributed by atoms with van der Waals surface area (Å²) in [7, 11) is 0. The molecular weight excluding hydrogens is 454 g/mol. The molecule has 6 nitrogen and oxygen atoms in total. The summed E-state index contributed by atoms with van der Waals surface area (Å²) >= 11 is 1.75. The van der Waals surface area contributed by atoms with E-state index in [0.717, 1.165) is 0 Å². The number of benzene rings is 2. The van der Waals surface area contributed by atoms with Gasteiger partial charge in [0.2, 0.25) is 0 Å². The number of fused-ring (bicyclic) bond motifs is 1. The van der Waals surface area contributed by atoms with E-state index in [0.29, 0.717) is 22.3 Å². The van der Waals surface area contributed by atoms with Crippen LogP contribution in [0, 0.1) is 0 Å². The van der Waals surface area contributed by atoms with Crippen molar-refractivity contribution in [2.24, 2.45) is 0 Å². The lowest BCUT2D eigenvalue weighted by Gasteiger charge is -2.23. The van der Waals surface area contributed by atoms with Gasteiger partial charge >= 0.3 is 0 Å². The number of hydrogen-bond acceptors (Lipinski definition) is 6. The van der Waals surface area contributed by atoms with E-state index in [1.54, 1.807) is 42.3 Å². The van der Waals surface area contributed by atoms with Crippen LogP contribution >= 0.6 is 11.9 Å². The fourth-order valence-electron chi connectivity index (χ4n) is 3.82. The van der Waals surface area contributed by atoms with Crippen LogP contribution in [-0.2, 0) is 5.92 Å². The molecule has 0 amide bonds. The average Bonchev–Trinajstić information content (AvgIpc) is 3.32. The Hall–Kier alpha value is -3.30. The number of alkyl halides is 2. The van der Waals surface area contributed by atoms with Gasteiger partial charge in [-0.15, -0.1) is 0 Å². The number of nitrogens with two attached hydrogens (primary N) is 1. The molecule has 34 heavy (non-hydrogen) atoms. The topological polar surface area (TPSA) is 83.7 Å². The van der Waals surface area contributed by atoms with Crippen LogP contribution in [-0.4, -0.2) is 37.6 Å². The SMILES string of the molecule is C=CSN1CCCCC1.Nc1ncnc2n[nH]c(-c3ccc(C(F)(F)c4ccccc4)cc3)c12. The predicted molar refractivity (Wildman–Crippen MR) is 134 cm³/mol. The van der Waals surface area contributed by atoms with Crippen LogP contribution in [0.15, 0.2) is 72.9 Å². The van der Waals surface area contributed by atoms with E-state index in [1.165, 1.54) is 62.9 Å². The van der Waals surface area contributed by atoms with Crippen LogP contribution in [0.3, 0.4) is 0 Å². The minimum absolute atomic E-state index is 0.0487. The summed E-state index contributed by atoms with van der Waals surface area (Å²) in [4.78, 5) is 7.98.